The van der Waals surface area contributed by atoms with Crippen molar-refractivity contribution < 1.29 is 8.42 Å². The van der Waals surface area contributed by atoms with Gasteiger partial charge in [-0.2, -0.15) is 0 Å². The lowest BCUT2D eigenvalue weighted by atomic mass is 9.97. The summed E-state index contributed by atoms with van der Waals surface area (Å²) in [7, 11) is -2.70. The Bertz CT molecular complexity index is 266. The number of rotatable bonds is 2. The maximum atomic E-state index is 11.7. The van der Waals surface area contributed by atoms with Crippen LogP contribution in [0.5, 0.6) is 0 Å². The molecule has 13 heavy (non-hydrogen) atoms. The first-order valence-electron chi connectivity index (χ1n) is 4.93. The van der Waals surface area contributed by atoms with E-state index < -0.39 is 9.84 Å². The minimum absolute atomic E-state index is 0.00954. The Kier molecular flexibility index (Phi) is 2.71. The lowest BCUT2D eigenvalue weighted by molar-refractivity contribution is 0.418. The van der Waals surface area contributed by atoms with Gasteiger partial charge >= 0.3 is 0 Å². The summed E-state index contributed by atoms with van der Waals surface area (Å²) in [5, 5.41) is 1.03. The van der Waals surface area contributed by atoms with Gasteiger partial charge in [0.1, 0.15) is 0 Å². The summed E-state index contributed by atoms with van der Waals surface area (Å²) in [6.07, 6.45) is 4.83. The van der Waals surface area contributed by atoms with Crippen LogP contribution < -0.4 is 0 Å². The molecular formula is C9H15BrO2S. The van der Waals surface area contributed by atoms with Gasteiger partial charge < -0.3 is 0 Å². The predicted octanol–water partition coefficient (Wildman–Crippen LogP) is 2.13. The molecule has 0 aromatic carbocycles. The smallest absolute Gasteiger partial charge is 0.156 e. The highest BCUT2D eigenvalue weighted by Crippen LogP contribution is 2.42. The number of hydrogen-bond donors (Lipinski definition) is 0. The van der Waals surface area contributed by atoms with E-state index in [-0.39, 0.29) is 10.5 Å². The molecule has 2 aliphatic rings. The highest BCUT2D eigenvalue weighted by molar-refractivity contribution is 9.09. The van der Waals surface area contributed by atoms with Gasteiger partial charge in [0.2, 0.25) is 0 Å². The lowest BCUT2D eigenvalue weighted by Crippen LogP contribution is -2.32. The van der Waals surface area contributed by atoms with Gasteiger partial charge in [0.25, 0.3) is 0 Å². The van der Waals surface area contributed by atoms with Gasteiger partial charge in [0.05, 0.1) is 10.5 Å². The van der Waals surface area contributed by atoms with E-state index in [0.29, 0.717) is 5.92 Å². The molecular weight excluding hydrogens is 252 g/mol. The van der Waals surface area contributed by atoms with Crippen LogP contribution in [-0.2, 0) is 9.84 Å². The molecule has 2 heterocycles. The first kappa shape index (κ1) is 9.97. The molecule has 2 fully saturated rings. The van der Waals surface area contributed by atoms with E-state index >= 15 is 0 Å². The summed E-state index contributed by atoms with van der Waals surface area (Å²) >= 11 is 3.42. The van der Waals surface area contributed by atoms with Crippen molar-refractivity contribution in [3.05, 3.63) is 0 Å². The van der Waals surface area contributed by atoms with Crippen LogP contribution in [0.4, 0.5) is 0 Å². The molecule has 0 radical (unpaired) electrons. The van der Waals surface area contributed by atoms with Crippen LogP contribution in [0.25, 0.3) is 0 Å². The normalized spacial score (nSPS) is 42.1. The van der Waals surface area contributed by atoms with E-state index in [2.05, 4.69) is 15.9 Å². The van der Waals surface area contributed by atoms with Gasteiger partial charge in [-0.1, -0.05) is 15.9 Å². The average Bonchev–Trinajstić information content (AvgIpc) is 2.29. The topological polar surface area (TPSA) is 34.1 Å². The van der Waals surface area contributed by atoms with E-state index in [9.17, 15) is 8.42 Å². The van der Waals surface area contributed by atoms with Crippen LogP contribution in [0, 0.1) is 5.92 Å². The molecule has 2 atom stereocenters. The fourth-order valence-corrected chi connectivity index (χ4v) is 5.91. The van der Waals surface area contributed by atoms with E-state index in [4.69, 9.17) is 0 Å². The first-order chi connectivity index (χ1) is 6.14. The molecule has 2 unspecified atom stereocenters. The molecule has 2 rings (SSSR count). The zero-order valence-corrected chi connectivity index (χ0v) is 9.98. The number of sulfone groups is 1. The zero-order valence-electron chi connectivity index (χ0n) is 7.58. The highest BCUT2D eigenvalue weighted by Gasteiger charge is 2.46. The third kappa shape index (κ3) is 1.67. The molecule has 0 saturated carbocycles. The minimum Gasteiger partial charge on any atom is -0.228 e. The van der Waals surface area contributed by atoms with Crippen LogP contribution in [0.15, 0.2) is 0 Å². The van der Waals surface area contributed by atoms with Crippen LogP contribution in [0.2, 0.25) is 0 Å². The maximum Gasteiger partial charge on any atom is 0.156 e. The molecule has 0 amide bonds. The third-order valence-corrected chi connectivity index (χ3v) is 6.62. The van der Waals surface area contributed by atoms with Crippen molar-refractivity contribution in [3.63, 3.8) is 0 Å². The van der Waals surface area contributed by atoms with Crippen molar-refractivity contribution in [3.8, 4) is 0 Å². The Balaban J connectivity index is 2.11. The van der Waals surface area contributed by atoms with Crippen molar-refractivity contribution in [2.75, 3.05) is 5.33 Å². The van der Waals surface area contributed by atoms with E-state index in [1.165, 1.54) is 0 Å². The van der Waals surface area contributed by atoms with E-state index in [1.54, 1.807) is 0 Å². The fourth-order valence-electron chi connectivity index (χ4n) is 2.71. The minimum atomic E-state index is -2.70. The Morgan fingerprint density at radius 3 is 2.15 bits per heavy atom. The Hall–Kier alpha value is 0.430. The van der Waals surface area contributed by atoms with Crippen molar-refractivity contribution in [2.24, 2.45) is 5.92 Å². The molecule has 0 N–H and O–H groups in total. The second kappa shape index (κ2) is 3.54. The molecule has 2 nitrogen and oxygen atoms in total. The number of halogens is 1. The predicted molar refractivity (Wildman–Crippen MR) is 56.9 cm³/mol. The van der Waals surface area contributed by atoms with Crippen LogP contribution in [0.1, 0.15) is 32.1 Å². The van der Waals surface area contributed by atoms with Crippen LogP contribution in [-0.4, -0.2) is 24.2 Å². The first-order valence-corrected chi connectivity index (χ1v) is 7.66. The van der Waals surface area contributed by atoms with Gasteiger partial charge in [-0.25, -0.2) is 8.42 Å². The summed E-state index contributed by atoms with van der Waals surface area (Å²) in [6.45, 7) is 0. The Morgan fingerprint density at radius 2 is 1.69 bits per heavy atom. The van der Waals surface area contributed by atoms with Crippen molar-refractivity contribution >= 4 is 25.8 Å². The zero-order chi connectivity index (χ0) is 9.47. The standard InChI is InChI=1S/C9H15BrO2S/c10-4-3-7-5-8-1-2-9(6-7)13(8,11)12/h7-9H,1-6H2. The number of alkyl halides is 1. The molecule has 0 aliphatic carbocycles. The van der Waals surface area contributed by atoms with Crippen molar-refractivity contribution in [1.29, 1.82) is 0 Å². The van der Waals surface area contributed by atoms with E-state index in [1.807, 2.05) is 0 Å². The molecule has 0 spiro atoms. The second-order valence-corrected chi connectivity index (χ2v) is 7.53. The van der Waals surface area contributed by atoms with Crippen molar-refractivity contribution in [2.45, 2.75) is 42.6 Å². The number of fused-ring (bicyclic) bond motifs is 2. The molecule has 76 valence electrons. The highest BCUT2D eigenvalue weighted by atomic mass is 79.9. The quantitative estimate of drug-likeness (QED) is 0.718. The summed E-state index contributed by atoms with van der Waals surface area (Å²) in [6, 6.07) is 0. The van der Waals surface area contributed by atoms with Gasteiger partial charge in [0.15, 0.2) is 9.84 Å². The summed E-state index contributed by atoms with van der Waals surface area (Å²) in [5.74, 6) is 0.653. The molecule has 2 bridgehead atoms. The largest absolute Gasteiger partial charge is 0.228 e. The van der Waals surface area contributed by atoms with Crippen LogP contribution >= 0.6 is 15.9 Å². The third-order valence-electron chi connectivity index (χ3n) is 3.45. The Morgan fingerprint density at radius 1 is 1.15 bits per heavy atom. The molecule has 0 aromatic heterocycles. The molecule has 2 saturated heterocycles. The molecule has 2 aliphatic heterocycles. The summed E-state index contributed by atoms with van der Waals surface area (Å²) in [4.78, 5) is 0. The SMILES string of the molecule is O=S1(=O)C2CCC1CC(CCBr)C2. The summed E-state index contributed by atoms with van der Waals surface area (Å²) < 4.78 is 23.4. The van der Waals surface area contributed by atoms with Crippen molar-refractivity contribution in [1.82, 2.24) is 0 Å². The molecule has 4 heteroatoms. The number of hydrogen-bond acceptors (Lipinski definition) is 2. The monoisotopic (exact) mass is 266 g/mol. The van der Waals surface area contributed by atoms with Gasteiger partial charge in [-0.05, 0) is 38.0 Å². The Labute approximate surface area is 88.1 Å². The summed E-state index contributed by atoms with van der Waals surface area (Å²) in [5.41, 5.74) is 0. The van der Waals surface area contributed by atoms with Gasteiger partial charge in [-0.3, -0.25) is 0 Å². The molecule has 0 aromatic rings. The van der Waals surface area contributed by atoms with Gasteiger partial charge in [0, 0.05) is 5.33 Å². The fraction of sp³-hybridized carbons (Fsp3) is 1.00. The van der Waals surface area contributed by atoms with Gasteiger partial charge in [-0.15, -0.1) is 0 Å². The average molecular weight is 267 g/mol. The second-order valence-electron chi connectivity index (χ2n) is 4.23. The maximum absolute atomic E-state index is 11.7. The van der Waals surface area contributed by atoms with E-state index in [0.717, 1.165) is 37.4 Å². The van der Waals surface area contributed by atoms with Crippen LogP contribution in [0.3, 0.4) is 0 Å². The lowest BCUT2D eigenvalue weighted by Gasteiger charge is -2.27.